The molecule has 0 fully saturated rings. The van der Waals surface area contributed by atoms with Crippen molar-refractivity contribution in [2.75, 3.05) is 7.05 Å². The predicted octanol–water partition coefficient (Wildman–Crippen LogP) is 4.04. The number of aromatic nitrogens is 3. The van der Waals surface area contributed by atoms with E-state index >= 15 is 0 Å². The standard InChI is InChI=1S/C19H15ClN4O/c1-24(19(25)17-14-7-3-5-9-16(14)22-23-17)11-13-10-12-6-2-4-8-15(12)21-18(13)20/h2-10H,11H2,1H3,(H,22,23). The maximum absolute atomic E-state index is 12.8. The zero-order valence-corrected chi connectivity index (χ0v) is 14.3. The fourth-order valence-electron chi connectivity index (χ4n) is 2.88. The van der Waals surface area contributed by atoms with Gasteiger partial charge in [0.25, 0.3) is 5.91 Å². The van der Waals surface area contributed by atoms with E-state index < -0.39 is 0 Å². The number of halogens is 1. The summed E-state index contributed by atoms with van der Waals surface area (Å²) in [7, 11) is 1.73. The van der Waals surface area contributed by atoms with Gasteiger partial charge in [-0.2, -0.15) is 5.10 Å². The predicted molar refractivity (Wildman–Crippen MR) is 98.6 cm³/mol. The van der Waals surface area contributed by atoms with E-state index in [4.69, 9.17) is 11.6 Å². The molecule has 0 aliphatic heterocycles. The van der Waals surface area contributed by atoms with Crippen LogP contribution in [-0.4, -0.2) is 33.0 Å². The van der Waals surface area contributed by atoms with Crippen molar-refractivity contribution in [3.63, 3.8) is 0 Å². The number of benzene rings is 2. The summed E-state index contributed by atoms with van der Waals surface area (Å²) in [5, 5.41) is 9.26. The highest BCUT2D eigenvalue weighted by molar-refractivity contribution is 6.30. The third kappa shape index (κ3) is 2.83. The summed E-state index contributed by atoms with van der Waals surface area (Å²) in [6, 6.07) is 17.3. The molecule has 1 N–H and O–H groups in total. The Morgan fingerprint density at radius 3 is 2.80 bits per heavy atom. The molecular formula is C19H15ClN4O. The van der Waals surface area contributed by atoms with Crippen molar-refractivity contribution in [1.29, 1.82) is 0 Å². The summed E-state index contributed by atoms with van der Waals surface area (Å²) in [6.07, 6.45) is 0. The van der Waals surface area contributed by atoms with Crippen molar-refractivity contribution in [3.8, 4) is 0 Å². The number of carbonyl (C=O) groups excluding carboxylic acids is 1. The highest BCUT2D eigenvalue weighted by Crippen LogP contribution is 2.23. The minimum Gasteiger partial charge on any atom is -0.336 e. The Morgan fingerprint density at radius 2 is 1.92 bits per heavy atom. The molecule has 0 aliphatic rings. The van der Waals surface area contributed by atoms with Gasteiger partial charge >= 0.3 is 0 Å². The molecule has 0 atom stereocenters. The van der Waals surface area contributed by atoms with Crippen molar-refractivity contribution < 1.29 is 4.79 Å². The summed E-state index contributed by atoms with van der Waals surface area (Å²) in [5.41, 5.74) is 2.88. The third-order valence-electron chi connectivity index (χ3n) is 4.18. The van der Waals surface area contributed by atoms with Crippen molar-refractivity contribution in [3.05, 3.63) is 71.0 Å². The topological polar surface area (TPSA) is 61.9 Å². The number of amides is 1. The molecule has 2 aromatic carbocycles. The molecule has 4 aromatic rings. The molecule has 0 spiro atoms. The SMILES string of the molecule is CN(Cc1cc2ccccc2nc1Cl)C(=O)c1n[nH]c2ccccc12. The number of para-hydroxylation sites is 2. The number of pyridine rings is 1. The summed E-state index contributed by atoms with van der Waals surface area (Å²) in [5.74, 6) is -0.165. The molecule has 0 saturated carbocycles. The smallest absolute Gasteiger partial charge is 0.275 e. The molecule has 0 radical (unpaired) electrons. The number of nitrogens with one attached hydrogen (secondary N) is 1. The Balaban J connectivity index is 1.64. The Hall–Kier alpha value is -2.92. The van der Waals surface area contributed by atoms with Crippen molar-refractivity contribution >= 4 is 39.3 Å². The normalized spacial score (nSPS) is 11.1. The van der Waals surface area contributed by atoms with Gasteiger partial charge < -0.3 is 4.90 Å². The van der Waals surface area contributed by atoms with Crippen molar-refractivity contribution in [2.45, 2.75) is 6.54 Å². The quantitative estimate of drug-likeness (QED) is 0.567. The molecule has 2 aromatic heterocycles. The van der Waals surface area contributed by atoms with E-state index in [0.29, 0.717) is 17.4 Å². The van der Waals surface area contributed by atoms with Gasteiger partial charge in [0.2, 0.25) is 0 Å². The van der Waals surface area contributed by atoms with E-state index in [2.05, 4.69) is 15.2 Å². The fourth-order valence-corrected chi connectivity index (χ4v) is 3.09. The lowest BCUT2D eigenvalue weighted by Gasteiger charge is -2.17. The Labute approximate surface area is 149 Å². The Morgan fingerprint density at radius 1 is 1.16 bits per heavy atom. The first-order valence-electron chi connectivity index (χ1n) is 7.86. The lowest BCUT2D eigenvalue weighted by atomic mass is 10.1. The fraction of sp³-hybridized carbons (Fsp3) is 0.105. The first kappa shape index (κ1) is 15.6. The Kier molecular flexibility index (Phi) is 3.86. The van der Waals surface area contributed by atoms with Gasteiger partial charge in [-0.3, -0.25) is 9.89 Å². The van der Waals surface area contributed by atoms with Crippen molar-refractivity contribution in [1.82, 2.24) is 20.1 Å². The lowest BCUT2D eigenvalue weighted by Crippen LogP contribution is -2.27. The van der Waals surface area contributed by atoms with E-state index in [1.807, 2.05) is 54.6 Å². The number of hydrogen-bond donors (Lipinski definition) is 1. The summed E-state index contributed by atoms with van der Waals surface area (Å²) in [4.78, 5) is 18.8. The van der Waals surface area contributed by atoms with Crippen LogP contribution in [0, 0.1) is 0 Å². The monoisotopic (exact) mass is 350 g/mol. The van der Waals surface area contributed by atoms with Gasteiger partial charge in [-0.15, -0.1) is 0 Å². The molecule has 2 heterocycles. The van der Waals surface area contributed by atoms with Crippen molar-refractivity contribution in [2.24, 2.45) is 0 Å². The highest BCUT2D eigenvalue weighted by atomic mass is 35.5. The second kappa shape index (κ2) is 6.18. The average Bonchev–Trinajstić information content (AvgIpc) is 3.05. The van der Waals surface area contributed by atoms with Crippen LogP contribution in [-0.2, 0) is 6.54 Å². The number of H-pyrrole nitrogens is 1. The number of carbonyl (C=O) groups is 1. The van der Waals surface area contributed by atoms with Gasteiger partial charge in [0, 0.05) is 29.9 Å². The molecule has 25 heavy (non-hydrogen) atoms. The van der Waals surface area contributed by atoms with Crippen LogP contribution in [0.1, 0.15) is 16.1 Å². The largest absolute Gasteiger partial charge is 0.336 e. The number of hydrogen-bond acceptors (Lipinski definition) is 3. The molecule has 5 nitrogen and oxygen atoms in total. The lowest BCUT2D eigenvalue weighted by molar-refractivity contribution is 0.0781. The molecule has 0 bridgehead atoms. The van der Waals surface area contributed by atoms with Crippen LogP contribution in [0.5, 0.6) is 0 Å². The first-order chi connectivity index (χ1) is 12.1. The first-order valence-corrected chi connectivity index (χ1v) is 8.24. The maximum atomic E-state index is 12.8. The molecular weight excluding hydrogens is 336 g/mol. The van der Waals surface area contributed by atoms with Gasteiger partial charge in [-0.1, -0.05) is 48.0 Å². The number of rotatable bonds is 3. The minimum atomic E-state index is -0.165. The molecule has 124 valence electrons. The van der Waals surface area contributed by atoms with Gasteiger partial charge in [0.1, 0.15) is 5.15 Å². The number of nitrogens with zero attached hydrogens (tertiary/aromatic N) is 3. The van der Waals surface area contributed by atoms with Crippen LogP contribution in [0.2, 0.25) is 5.15 Å². The number of aromatic amines is 1. The van der Waals surface area contributed by atoms with Gasteiger partial charge in [0.15, 0.2) is 5.69 Å². The Bertz CT molecular complexity index is 1090. The summed E-state index contributed by atoms with van der Waals surface area (Å²) >= 11 is 6.30. The summed E-state index contributed by atoms with van der Waals surface area (Å²) < 4.78 is 0. The molecule has 4 rings (SSSR count). The molecule has 6 heteroatoms. The highest BCUT2D eigenvalue weighted by Gasteiger charge is 2.19. The molecule has 1 amide bonds. The van der Waals surface area contributed by atoms with Crippen LogP contribution in [0.15, 0.2) is 54.6 Å². The van der Waals surface area contributed by atoms with Gasteiger partial charge in [-0.05, 0) is 18.2 Å². The van der Waals surface area contributed by atoms with E-state index in [1.165, 1.54) is 0 Å². The van der Waals surface area contributed by atoms with Crippen LogP contribution in [0.3, 0.4) is 0 Å². The molecule has 0 unspecified atom stereocenters. The number of fused-ring (bicyclic) bond motifs is 2. The third-order valence-corrected chi connectivity index (χ3v) is 4.50. The van der Waals surface area contributed by atoms with Gasteiger partial charge in [-0.25, -0.2) is 4.98 Å². The average molecular weight is 351 g/mol. The second-order valence-corrected chi connectivity index (χ2v) is 6.27. The van der Waals surface area contributed by atoms with E-state index in [9.17, 15) is 4.79 Å². The van der Waals surface area contributed by atoms with E-state index in [-0.39, 0.29) is 5.91 Å². The maximum Gasteiger partial charge on any atom is 0.275 e. The minimum absolute atomic E-state index is 0.165. The van der Waals surface area contributed by atoms with Crippen LogP contribution < -0.4 is 0 Å². The van der Waals surface area contributed by atoms with E-state index in [0.717, 1.165) is 27.4 Å². The van der Waals surface area contributed by atoms with Gasteiger partial charge in [0.05, 0.1) is 11.0 Å². The summed E-state index contributed by atoms with van der Waals surface area (Å²) in [6.45, 7) is 0.358. The molecule has 0 aliphatic carbocycles. The van der Waals surface area contributed by atoms with Crippen LogP contribution >= 0.6 is 11.6 Å². The van der Waals surface area contributed by atoms with Crippen LogP contribution in [0.4, 0.5) is 0 Å². The second-order valence-electron chi connectivity index (χ2n) is 5.91. The zero-order valence-electron chi connectivity index (χ0n) is 13.5. The van der Waals surface area contributed by atoms with Crippen LogP contribution in [0.25, 0.3) is 21.8 Å². The zero-order chi connectivity index (χ0) is 17.4. The molecule has 0 saturated heterocycles. The van der Waals surface area contributed by atoms with E-state index in [1.54, 1.807) is 11.9 Å².